The van der Waals surface area contributed by atoms with Crippen molar-refractivity contribution in [3.8, 4) is 22.6 Å². The Kier molecular flexibility index (Phi) is 5.73. The molecule has 0 atom stereocenters. The molecular weight excluding hydrogens is 370 g/mol. The minimum atomic E-state index is 0.786. The summed E-state index contributed by atoms with van der Waals surface area (Å²) in [4.78, 5) is 0. The first kappa shape index (κ1) is 19.9. The third-order valence-electron chi connectivity index (χ3n) is 8.09. The van der Waals surface area contributed by atoms with Crippen molar-refractivity contribution in [1.82, 2.24) is 5.32 Å². The summed E-state index contributed by atoms with van der Waals surface area (Å²) >= 11 is 0. The summed E-state index contributed by atoms with van der Waals surface area (Å²) in [6.07, 6.45) is 8.95. The largest absolute Gasteiger partial charge is 0.493 e. The molecule has 3 nitrogen and oxygen atoms in total. The zero-order chi connectivity index (χ0) is 20.5. The Bertz CT molecular complexity index is 835. The molecule has 0 spiro atoms. The second-order valence-electron chi connectivity index (χ2n) is 9.79. The third kappa shape index (κ3) is 3.85. The van der Waals surface area contributed by atoms with Crippen LogP contribution in [0.2, 0.25) is 0 Å². The Morgan fingerprint density at radius 3 is 2.10 bits per heavy atom. The van der Waals surface area contributed by atoms with E-state index >= 15 is 0 Å². The molecule has 4 bridgehead atoms. The minimum absolute atomic E-state index is 0.786. The maximum atomic E-state index is 5.58. The lowest BCUT2D eigenvalue weighted by Gasteiger charge is -2.54. The van der Waals surface area contributed by atoms with E-state index in [0.717, 1.165) is 54.2 Å². The van der Waals surface area contributed by atoms with Crippen molar-refractivity contribution in [3.63, 3.8) is 0 Å². The van der Waals surface area contributed by atoms with E-state index in [9.17, 15) is 0 Å². The fraction of sp³-hybridized carbons (Fsp3) is 0.556. The second kappa shape index (κ2) is 8.63. The van der Waals surface area contributed by atoms with Crippen LogP contribution in [0.3, 0.4) is 0 Å². The quantitative estimate of drug-likeness (QED) is 0.553. The van der Waals surface area contributed by atoms with E-state index in [4.69, 9.17) is 9.47 Å². The number of benzene rings is 2. The highest BCUT2D eigenvalue weighted by Gasteiger charge is 2.47. The van der Waals surface area contributed by atoms with Gasteiger partial charge < -0.3 is 14.8 Å². The molecule has 4 fully saturated rings. The van der Waals surface area contributed by atoms with Crippen molar-refractivity contribution in [2.75, 3.05) is 20.8 Å². The van der Waals surface area contributed by atoms with Crippen molar-refractivity contribution in [1.29, 1.82) is 0 Å². The van der Waals surface area contributed by atoms with E-state index in [-0.39, 0.29) is 0 Å². The summed E-state index contributed by atoms with van der Waals surface area (Å²) < 4.78 is 11.1. The average molecular weight is 406 g/mol. The molecule has 3 heteroatoms. The lowest BCUT2D eigenvalue weighted by molar-refractivity contribution is -0.0393. The van der Waals surface area contributed by atoms with Gasteiger partial charge in [-0.1, -0.05) is 30.3 Å². The third-order valence-corrected chi connectivity index (χ3v) is 8.09. The predicted octanol–water partition coefficient (Wildman–Crippen LogP) is 5.92. The van der Waals surface area contributed by atoms with Crippen molar-refractivity contribution in [3.05, 3.63) is 48.0 Å². The zero-order valence-electron chi connectivity index (χ0n) is 18.4. The first-order chi connectivity index (χ1) is 14.7. The number of rotatable bonds is 8. The minimum Gasteiger partial charge on any atom is -0.493 e. The highest BCUT2D eigenvalue weighted by Crippen LogP contribution is 2.57. The summed E-state index contributed by atoms with van der Waals surface area (Å²) in [6, 6.07) is 14.8. The van der Waals surface area contributed by atoms with E-state index in [2.05, 4.69) is 47.8 Å². The lowest BCUT2D eigenvalue weighted by atomic mass is 9.51. The number of hydrogen-bond acceptors (Lipinski definition) is 3. The van der Waals surface area contributed by atoms with Crippen LogP contribution in [0.15, 0.2) is 42.5 Å². The van der Waals surface area contributed by atoms with Gasteiger partial charge in [-0.05, 0) is 103 Å². The summed E-state index contributed by atoms with van der Waals surface area (Å²) in [6.45, 7) is 1.97. The van der Waals surface area contributed by atoms with Crippen LogP contribution in [0.5, 0.6) is 11.5 Å². The van der Waals surface area contributed by atoms with Gasteiger partial charge in [-0.2, -0.15) is 0 Å². The van der Waals surface area contributed by atoms with Gasteiger partial charge in [0.25, 0.3) is 0 Å². The Hall–Kier alpha value is -2.00. The fourth-order valence-electron chi connectivity index (χ4n) is 6.95. The lowest BCUT2D eigenvalue weighted by Crippen LogP contribution is -2.45. The highest BCUT2D eigenvalue weighted by atomic mass is 16.5. The molecule has 2 aromatic carbocycles. The van der Waals surface area contributed by atoms with Crippen LogP contribution in [0.25, 0.3) is 11.1 Å². The zero-order valence-corrected chi connectivity index (χ0v) is 18.4. The fourth-order valence-corrected chi connectivity index (χ4v) is 6.95. The Morgan fingerprint density at radius 1 is 0.833 bits per heavy atom. The number of hydrogen-bond donors (Lipinski definition) is 1. The van der Waals surface area contributed by atoms with E-state index in [1.165, 1.54) is 48.8 Å². The van der Waals surface area contributed by atoms with Gasteiger partial charge in [-0.25, -0.2) is 0 Å². The molecule has 0 aromatic heterocycles. The van der Waals surface area contributed by atoms with Crippen LogP contribution >= 0.6 is 0 Å². The highest BCUT2D eigenvalue weighted by molar-refractivity contribution is 5.71. The van der Waals surface area contributed by atoms with Gasteiger partial charge in [-0.3, -0.25) is 0 Å². The van der Waals surface area contributed by atoms with E-state index in [1.54, 1.807) is 20.6 Å². The molecule has 160 valence electrons. The maximum Gasteiger partial charge on any atom is 0.161 e. The van der Waals surface area contributed by atoms with Crippen LogP contribution in [0.1, 0.15) is 44.1 Å². The summed E-state index contributed by atoms with van der Waals surface area (Å²) in [7, 11) is 3.42. The summed E-state index contributed by atoms with van der Waals surface area (Å²) in [5.74, 6) is 6.72. The van der Waals surface area contributed by atoms with Crippen molar-refractivity contribution >= 4 is 0 Å². The van der Waals surface area contributed by atoms with Crippen molar-refractivity contribution in [2.45, 2.75) is 45.1 Å². The molecule has 0 amide bonds. The molecule has 0 heterocycles. The molecule has 4 saturated carbocycles. The predicted molar refractivity (Wildman–Crippen MR) is 122 cm³/mol. The number of nitrogens with one attached hydrogen (secondary N) is 1. The Balaban J connectivity index is 1.26. The SMILES string of the molecule is COc1cc(CNCCC2C3CC4CC(C3)CC2C4)c(-c2ccccc2)cc1OC. The molecular formula is C27H35NO2. The van der Waals surface area contributed by atoms with Crippen LogP contribution < -0.4 is 14.8 Å². The maximum absolute atomic E-state index is 5.58. The summed E-state index contributed by atoms with van der Waals surface area (Å²) in [5.41, 5.74) is 3.70. The van der Waals surface area contributed by atoms with Gasteiger partial charge in [-0.15, -0.1) is 0 Å². The molecule has 4 aliphatic rings. The normalized spacial score (nSPS) is 29.2. The molecule has 0 saturated heterocycles. The van der Waals surface area contributed by atoms with E-state index in [0.29, 0.717) is 0 Å². The van der Waals surface area contributed by atoms with Gasteiger partial charge in [0.05, 0.1) is 14.2 Å². The van der Waals surface area contributed by atoms with Gasteiger partial charge in [0.2, 0.25) is 0 Å². The molecule has 30 heavy (non-hydrogen) atoms. The number of methoxy groups -OCH3 is 2. The van der Waals surface area contributed by atoms with Crippen molar-refractivity contribution < 1.29 is 9.47 Å². The van der Waals surface area contributed by atoms with Crippen LogP contribution in [-0.4, -0.2) is 20.8 Å². The van der Waals surface area contributed by atoms with E-state index < -0.39 is 0 Å². The molecule has 4 aliphatic carbocycles. The van der Waals surface area contributed by atoms with E-state index in [1.807, 2.05) is 0 Å². The van der Waals surface area contributed by atoms with Gasteiger partial charge in [0.15, 0.2) is 11.5 Å². The smallest absolute Gasteiger partial charge is 0.161 e. The van der Waals surface area contributed by atoms with Crippen LogP contribution in [0.4, 0.5) is 0 Å². The Morgan fingerprint density at radius 2 is 1.47 bits per heavy atom. The molecule has 0 unspecified atom stereocenters. The monoisotopic (exact) mass is 405 g/mol. The first-order valence-electron chi connectivity index (χ1n) is 11.8. The van der Waals surface area contributed by atoms with Gasteiger partial charge in [0, 0.05) is 6.54 Å². The summed E-state index contributed by atoms with van der Waals surface area (Å²) in [5, 5.41) is 3.76. The Labute approximate surface area is 181 Å². The second-order valence-corrected chi connectivity index (χ2v) is 9.79. The molecule has 2 aromatic rings. The van der Waals surface area contributed by atoms with Crippen LogP contribution in [-0.2, 0) is 6.54 Å². The average Bonchev–Trinajstić information content (AvgIpc) is 2.77. The van der Waals surface area contributed by atoms with Crippen LogP contribution in [0, 0.1) is 29.6 Å². The molecule has 0 aliphatic heterocycles. The number of ether oxygens (including phenoxy) is 2. The first-order valence-corrected chi connectivity index (χ1v) is 11.8. The van der Waals surface area contributed by atoms with Gasteiger partial charge in [0.1, 0.15) is 0 Å². The van der Waals surface area contributed by atoms with Gasteiger partial charge >= 0.3 is 0 Å². The molecule has 0 radical (unpaired) electrons. The molecule has 6 rings (SSSR count). The topological polar surface area (TPSA) is 30.5 Å². The van der Waals surface area contributed by atoms with Crippen molar-refractivity contribution in [2.24, 2.45) is 29.6 Å². The molecule has 1 N–H and O–H groups in total. The standard InChI is InChI=1S/C27H35NO2/c1-29-26-15-23(25(16-27(26)30-2)20-6-4-3-5-7-20)17-28-9-8-24-21-11-18-10-19(13-21)14-22(24)12-18/h3-7,15-16,18-19,21-22,24,28H,8-14,17H2,1-2H3.